The van der Waals surface area contributed by atoms with Crippen LogP contribution in [0.4, 0.5) is 28.8 Å². The SMILES string of the molecule is COc1cc(N2CCN(C(C)=O)CC2)ccc1Nc1ncc(Cl)c(Nc2ccccc2C(=O)C(N)=O)n1. The number of ketones is 1. The van der Waals surface area contributed by atoms with Gasteiger partial charge in [-0.2, -0.15) is 4.98 Å². The lowest BCUT2D eigenvalue weighted by Crippen LogP contribution is -2.48. The van der Waals surface area contributed by atoms with Crippen molar-refractivity contribution < 1.29 is 19.1 Å². The zero-order valence-electron chi connectivity index (χ0n) is 20.3. The molecule has 1 aliphatic rings. The predicted molar refractivity (Wildman–Crippen MR) is 141 cm³/mol. The van der Waals surface area contributed by atoms with Crippen LogP contribution >= 0.6 is 11.6 Å². The van der Waals surface area contributed by atoms with E-state index in [1.807, 2.05) is 23.1 Å². The van der Waals surface area contributed by atoms with Crippen molar-refractivity contribution in [3.05, 3.63) is 59.2 Å². The molecule has 1 aromatic heterocycles. The molecule has 11 nitrogen and oxygen atoms in total. The zero-order chi connectivity index (χ0) is 26.5. The van der Waals surface area contributed by atoms with Gasteiger partial charge in [0.2, 0.25) is 11.9 Å². The molecule has 1 saturated heterocycles. The number of carbonyl (C=O) groups excluding carboxylic acids is 3. The highest BCUT2D eigenvalue weighted by atomic mass is 35.5. The molecule has 0 spiro atoms. The average molecular weight is 524 g/mol. The van der Waals surface area contributed by atoms with Crippen LogP contribution in [0.1, 0.15) is 17.3 Å². The number of aromatic nitrogens is 2. The number of carbonyl (C=O) groups is 3. The molecule has 0 unspecified atom stereocenters. The van der Waals surface area contributed by atoms with Crippen molar-refractivity contribution in [3.63, 3.8) is 0 Å². The first kappa shape index (κ1) is 25.7. The number of Topliss-reactive ketones (excluding diaryl/α,β-unsaturated/α-hetero) is 1. The van der Waals surface area contributed by atoms with Gasteiger partial charge in [0.1, 0.15) is 10.8 Å². The number of anilines is 5. The van der Waals surface area contributed by atoms with Gasteiger partial charge < -0.3 is 30.9 Å². The third-order valence-corrected chi connectivity index (χ3v) is 6.19. The summed E-state index contributed by atoms with van der Waals surface area (Å²) >= 11 is 6.29. The van der Waals surface area contributed by atoms with E-state index in [9.17, 15) is 14.4 Å². The molecule has 0 radical (unpaired) electrons. The van der Waals surface area contributed by atoms with Crippen LogP contribution in [0.25, 0.3) is 0 Å². The third-order valence-electron chi connectivity index (χ3n) is 5.91. The van der Waals surface area contributed by atoms with Gasteiger partial charge in [-0.05, 0) is 24.3 Å². The number of ether oxygens (including phenoxy) is 1. The van der Waals surface area contributed by atoms with Gasteiger partial charge >= 0.3 is 0 Å². The summed E-state index contributed by atoms with van der Waals surface area (Å²) in [6.45, 7) is 4.37. The number of hydrogen-bond acceptors (Lipinski definition) is 9. The minimum absolute atomic E-state index is 0.0801. The van der Waals surface area contributed by atoms with Crippen LogP contribution in [0.3, 0.4) is 0 Å². The van der Waals surface area contributed by atoms with E-state index in [0.717, 1.165) is 18.8 Å². The van der Waals surface area contributed by atoms with Gasteiger partial charge in [-0.3, -0.25) is 14.4 Å². The lowest BCUT2D eigenvalue weighted by Gasteiger charge is -2.35. The van der Waals surface area contributed by atoms with Crippen LogP contribution < -0.4 is 26.0 Å². The second-order valence-electron chi connectivity index (χ2n) is 8.26. The number of benzene rings is 2. The molecule has 0 atom stereocenters. The van der Waals surface area contributed by atoms with Gasteiger partial charge in [0.25, 0.3) is 11.7 Å². The van der Waals surface area contributed by atoms with Gasteiger partial charge in [0, 0.05) is 44.9 Å². The van der Waals surface area contributed by atoms with Crippen LogP contribution in [0.2, 0.25) is 5.02 Å². The van der Waals surface area contributed by atoms with Crippen LogP contribution in [0, 0.1) is 0 Å². The highest BCUT2D eigenvalue weighted by Crippen LogP contribution is 2.33. The summed E-state index contributed by atoms with van der Waals surface area (Å²) in [5, 5.41) is 6.31. The second kappa shape index (κ2) is 11.1. The van der Waals surface area contributed by atoms with Crippen LogP contribution in [-0.4, -0.2) is 65.8 Å². The standard InChI is InChI=1S/C25H26ClN7O4/c1-15(34)32-9-11-33(12-10-32)16-7-8-20(21(13-16)37-2)30-25-28-14-18(26)24(31-25)29-19-6-4-3-5-17(19)22(35)23(27)36/h3-8,13-14H,9-12H2,1-2H3,(H2,27,36)(H2,28,29,30,31). The number of rotatable bonds is 8. The average Bonchev–Trinajstić information content (AvgIpc) is 2.90. The first-order chi connectivity index (χ1) is 17.8. The Bertz CT molecular complexity index is 1340. The monoisotopic (exact) mass is 523 g/mol. The molecular weight excluding hydrogens is 498 g/mol. The summed E-state index contributed by atoms with van der Waals surface area (Å²) in [6.07, 6.45) is 1.41. The molecule has 4 rings (SSSR count). The third kappa shape index (κ3) is 5.89. The van der Waals surface area contributed by atoms with Crippen molar-refractivity contribution in [2.75, 3.05) is 48.8 Å². The second-order valence-corrected chi connectivity index (χ2v) is 8.66. The van der Waals surface area contributed by atoms with E-state index in [4.69, 9.17) is 22.1 Å². The normalized spacial score (nSPS) is 13.2. The summed E-state index contributed by atoms with van der Waals surface area (Å²) in [5.41, 5.74) is 7.19. The first-order valence-corrected chi connectivity index (χ1v) is 11.8. The molecule has 2 heterocycles. The Labute approximate surface area is 218 Å². The number of nitrogens with zero attached hydrogens (tertiary/aromatic N) is 4. The van der Waals surface area contributed by atoms with Gasteiger partial charge in [0.15, 0.2) is 5.82 Å². The number of nitrogens with one attached hydrogen (secondary N) is 2. The topological polar surface area (TPSA) is 143 Å². The van der Waals surface area contributed by atoms with Crippen molar-refractivity contribution >= 4 is 58.0 Å². The van der Waals surface area contributed by atoms with E-state index in [1.165, 1.54) is 12.3 Å². The molecule has 192 valence electrons. The highest BCUT2D eigenvalue weighted by Gasteiger charge is 2.21. The van der Waals surface area contributed by atoms with E-state index in [2.05, 4.69) is 25.5 Å². The summed E-state index contributed by atoms with van der Waals surface area (Å²) in [6, 6.07) is 12.1. The van der Waals surface area contributed by atoms with Gasteiger partial charge in [0.05, 0.1) is 30.2 Å². The van der Waals surface area contributed by atoms with Crippen molar-refractivity contribution in [2.45, 2.75) is 6.92 Å². The van der Waals surface area contributed by atoms with Crippen LogP contribution in [0.15, 0.2) is 48.7 Å². The number of para-hydroxylation sites is 1. The number of primary amides is 1. The Balaban J connectivity index is 1.53. The van der Waals surface area contributed by atoms with Gasteiger partial charge in [-0.15, -0.1) is 0 Å². The molecule has 1 aliphatic heterocycles. The van der Waals surface area contributed by atoms with E-state index >= 15 is 0 Å². The molecule has 3 aromatic rings. The molecule has 1 fully saturated rings. The summed E-state index contributed by atoms with van der Waals surface area (Å²) in [4.78, 5) is 47.9. The fourth-order valence-electron chi connectivity index (χ4n) is 3.95. The number of methoxy groups -OCH3 is 1. The minimum atomic E-state index is -1.07. The zero-order valence-corrected chi connectivity index (χ0v) is 21.1. The van der Waals surface area contributed by atoms with Crippen LogP contribution in [0.5, 0.6) is 5.75 Å². The largest absolute Gasteiger partial charge is 0.494 e. The van der Waals surface area contributed by atoms with Crippen molar-refractivity contribution in [1.29, 1.82) is 0 Å². The maximum Gasteiger partial charge on any atom is 0.289 e. The first-order valence-electron chi connectivity index (χ1n) is 11.4. The molecule has 0 bridgehead atoms. The number of hydrogen-bond donors (Lipinski definition) is 3. The summed E-state index contributed by atoms with van der Waals surface area (Å²) < 4.78 is 5.59. The van der Waals surface area contributed by atoms with Gasteiger partial charge in [-0.25, -0.2) is 4.98 Å². The fourth-order valence-corrected chi connectivity index (χ4v) is 4.08. The lowest BCUT2D eigenvalue weighted by molar-refractivity contribution is -0.129. The molecule has 37 heavy (non-hydrogen) atoms. The molecule has 12 heteroatoms. The van der Waals surface area contributed by atoms with Crippen molar-refractivity contribution in [3.8, 4) is 5.75 Å². The summed E-state index contributed by atoms with van der Waals surface area (Å²) in [5.74, 6) is -0.788. The molecule has 4 N–H and O–H groups in total. The number of nitrogens with two attached hydrogens (primary N) is 1. The number of piperazine rings is 1. The Morgan fingerprint density at radius 2 is 1.76 bits per heavy atom. The Kier molecular flexibility index (Phi) is 7.73. The number of amides is 2. The van der Waals surface area contributed by atoms with Crippen molar-refractivity contribution in [2.24, 2.45) is 5.73 Å². The molecular formula is C25H26ClN7O4. The Hall–Kier alpha value is -4.38. The Morgan fingerprint density at radius 3 is 2.43 bits per heavy atom. The maximum atomic E-state index is 12.2. The quantitative estimate of drug-likeness (QED) is 0.300. The molecule has 2 aromatic carbocycles. The highest BCUT2D eigenvalue weighted by molar-refractivity contribution is 6.43. The molecule has 0 aliphatic carbocycles. The van der Waals surface area contributed by atoms with E-state index in [0.29, 0.717) is 30.2 Å². The van der Waals surface area contributed by atoms with E-state index in [1.54, 1.807) is 32.2 Å². The minimum Gasteiger partial charge on any atom is -0.494 e. The van der Waals surface area contributed by atoms with Crippen LogP contribution in [-0.2, 0) is 9.59 Å². The molecule has 2 amide bonds. The maximum absolute atomic E-state index is 12.2. The Morgan fingerprint density at radius 1 is 1.03 bits per heavy atom. The van der Waals surface area contributed by atoms with Crippen molar-refractivity contribution in [1.82, 2.24) is 14.9 Å². The van der Waals surface area contributed by atoms with E-state index < -0.39 is 11.7 Å². The van der Waals surface area contributed by atoms with Gasteiger partial charge in [-0.1, -0.05) is 23.7 Å². The predicted octanol–water partition coefficient (Wildman–Crippen LogP) is 2.96. The van der Waals surface area contributed by atoms with E-state index in [-0.39, 0.29) is 28.3 Å². The number of halogens is 1. The lowest BCUT2D eigenvalue weighted by atomic mass is 10.1. The molecule has 0 saturated carbocycles. The summed E-state index contributed by atoms with van der Waals surface area (Å²) in [7, 11) is 1.57. The smallest absolute Gasteiger partial charge is 0.289 e. The fraction of sp³-hybridized carbons (Fsp3) is 0.240.